The van der Waals surface area contributed by atoms with E-state index in [0.29, 0.717) is 18.7 Å². The first kappa shape index (κ1) is 41.2. The third-order valence-electron chi connectivity index (χ3n) is 7.49. The molecule has 14 heteroatoms. The number of amides is 4. The van der Waals surface area contributed by atoms with Crippen LogP contribution in [0.15, 0.2) is 73.2 Å². The lowest BCUT2D eigenvalue weighted by Crippen LogP contribution is -2.57. The Labute approximate surface area is 305 Å². The van der Waals surface area contributed by atoms with E-state index in [-0.39, 0.29) is 25.7 Å². The number of carbonyl (C=O) groups excluding carboxylic acids is 5. The van der Waals surface area contributed by atoms with Crippen molar-refractivity contribution in [2.45, 2.75) is 111 Å². The van der Waals surface area contributed by atoms with Gasteiger partial charge in [-0.15, -0.1) is 0 Å². The van der Waals surface area contributed by atoms with E-state index in [4.69, 9.17) is 14.2 Å². The van der Waals surface area contributed by atoms with Crippen molar-refractivity contribution in [3.05, 3.63) is 90.0 Å². The third-order valence-corrected chi connectivity index (χ3v) is 7.49. The topological polar surface area (TPSA) is 179 Å². The molecule has 2 aromatic carbocycles. The highest BCUT2D eigenvalue weighted by atomic mass is 16.6. The van der Waals surface area contributed by atoms with Crippen LogP contribution in [0.2, 0.25) is 0 Å². The molecule has 0 radical (unpaired) electrons. The predicted octanol–water partition coefficient (Wildman–Crippen LogP) is 3.78. The Bertz CT molecular complexity index is 1610. The molecular weight excluding hydrogens is 668 g/mol. The fourth-order valence-electron chi connectivity index (χ4n) is 4.90. The smallest absolute Gasteiger partial charge is 0.408 e. The largest absolute Gasteiger partial charge is 0.459 e. The Balaban J connectivity index is 1.68. The molecule has 0 spiro atoms. The average Bonchev–Trinajstić information content (AvgIpc) is 3.53. The van der Waals surface area contributed by atoms with E-state index < -0.39 is 59.6 Å². The monoisotopic (exact) mass is 720 g/mol. The second-order valence-corrected chi connectivity index (χ2v) is 14.0. The minimum absolute atomic E-state index is 0.0294. The molecule has 0 saturated heterocycles. The zero-order valence-electron chi connectivity index (χ0n) is 31.0. The highest BCUT2D eigenvalue weighted by molar-refractivity contribution is 5.94. The fraction of sp³-hybridized carbons (Fsp3) is 0.474. The van der Waals surface area contributed by atoms with Crippen LogP contribution >= 0.6 is 0 Å². The molecule has 0 bridgehead atoms. The summed E-state index contributed by atoms with van der Waals surface area (Å²) >= 11 is 0. The first-order chi connectivity index (χ1) is 24.6. The summed E-state index contributed by atoms with van der Waals surface area (Å²) in [4.78, 5) is 69.9. The first-order valence-electron chi connectivity index (χ1n) is 17.3. The van der Waals surface area contributed by atoms with Crippen LogP contribution in [0.4, 0.5) is 4.79 Å². The summed E-state index contributed by atoms with van der Waals surface area (Å²) in [5, 5.41) is 10.5. The maximum atomic E-state index is 13.6. The summed E-state index contributed by atoms with van der Waals surface area (Å²) in [6.45, 7) is 12.5. The Morgan fingerprint density at radius 2 is 1.31 bits per heavy atom. The SMILES string of the molecule is CC(C)C[C@H](NC(=O)OC(C)(C)C)C(=O)N[C@H](C)C(=O)N[C@@H](Cc1cn(COCc2ccccc2)cn1)C(=O)N[C@H](C)C(=O)OCc1ccccc1. The van der Waals surface area contributed by atoms with Crippen LogP contribution in [0.3, 0.4) is 0 Å². The van der Waals surface area contributed by atoms with Gasteiger partial charge in [-0.1, -0.05) is 74.5 Å². The molecule has 1 heterocycles. The van der Waals surface area contributed by atoms with E-state index in [0.717, 1.165) is 11.1 Å². The molecule has 52 heavy (non-hydrogen) atoms. The highest BCUT2D eigenvalue weighted by Crippen LogP contribution is 2.11. The van der Waals surface area contributed by atoms with Gasteiger partial charge in [-0.05, 0) is 58.1 Å². The number of rotatable bonds is 18. The molecule has 0 unspecified atom stereocenters. The Kier molecular flexibility index (Phi) is 15.8. The third kappa shape index (κ3) is 14.9. The van der Waals surface area contributed by atoms with E-state index >= 15 is 0 Å². The number of hydrogen-bond acceptors (Lipinski definition) is 9. The summed E-state index contributed by atoms with van der Waals surface area (Å²) in [7, 11) is 0. The van der Waals surface area contributed by atoms with Crippen LogP contribution in [0, 0.1) is 5.92 Å². The summed E-state index contributed by atoms with van der Waals surface area (Å²) in [5.41, 5.74) is 1.50. The molecule has 282 valence electrons. The number of nitrogens with one attached hydrogen (secondary N) is 4. The van der Waals surface area contributed by atoms with Crippen LogP contribution < -0.4 is 21.3 Å². The van der Waals surface area contributed by atoms with Crippen molar-refractivity contribution in [1.29, 1.82) is 0 Å². The molecule has 4 N–H and O–H groups in total. The van der Waals surface area contributed by atoms with Crippen molar-refractivity contribution in [2.75, 3.05) is 0 Å². The van der Waals surface area contributed by atoms with Gasteiger partial charge in [-0.25, -0.2) is 14.6 Å². The lowest BCUT2D eigenvalue weighted by Gasteiger charge is -2.26. The van der Waals surface area contributed by atoms with Crippen LogP contribution in [0.5, 0.6) is 0 Å². The van der Waals surface area contributed by atoms with Gasteiger partial charge in [0.05, 0.1) is 18.6 Å². The van der Waals surface area contributed by atoms with E-state index in [1.165, 1.54) is 13.8 Å². The van der Waals surface area contributed by atoms with Gasteiger partial charge in [0.1, 0.15) is 43.1 Å². The molecule has 4 amide bonds. The molecule has 0 saturated carbocycles. The van der Waals surface area contributed by atoms with E-state index in [1.54, 1.807) is 37.9 Å². The number of aromatic nitrogens is 2. The molecule has 0 fully saturated rings. The summed E-state index contributed by atoms with van der Waals surface area (Å²) in [6, 6.07) is 14.5. The number of hydrogen-bond donors (Lipinski definition) is 4. The lowest BCUT2D eigenvalue weighted by atomic mass is 10.0. The van der Waals surface area contributed by atoms with Gasteiger partial charge in [0.15, 0.2) is 0 Å². The summed E-state index contributed by atoms with van der Waals surface area (Å²) in [6.07, 6.45) is 2.74. The van der Waals surface area contributed by atoms with Crippen LogP contribution in [0.1, 0.15) is 71.7 Å². The van der Waals surface area contributed by atoms with Crippen molar-refractivity contribution in [3.63, 3.8) is 0 Å². The average molecular weight is 721 g/mol. The van der Waals surface area contributed by atoms with Crippen molar-refractivity contribution in [3.8, 4) is 0 Å². The molecule has 1 aromatic heterocycles. The number of benzene rings is 2. The minimum Gasteiger partial charge on any atom is -0.459 e. The molecule has 4 atom stereocenters. The highest BCUT2D eigenvalue weighted by Gasteiger charge is 2.31. The Hall–Kier alpha value is -5.24. The number of ether oxygens (including phenoxy) is 3. The van der Waals surface area contributed by atoms with Crippen LogP contribution in [-0.4, -0.2) is 69.1 Å². The second-order valence-electron chi connectivity index (χ2n) is 14.0. The summed E-state index contributed by atoms with van der Waals surface area (Å²) in [5.74, 6) is -2.54. The van der Waals surface area contributed by atoms with Gasteiger partial charge in [-0.3, -0.25) is 14.4 Å². The van der Waals surface area contributed by atoms with Gasteiger partial charge in [0.25, 0.3) is 0 Å². The van der Waals surface area contributed by atoms with Crippen molar-refractivity contribution < 1.29 is 38.2 Å². The van der Waals surface area contributed by atoms with E-state index in [2.05, 4.69) is 26.3 Å². The maximum absolute atomic E-state index is 13.6. The maximum Gasteiger partial charge on any atom is 0.408 e. The number of imidazole rings is 1. The number of carbonyl (C=O) groups is 5. The second kappa shape index (κ2) is 20.0. The van der Waals surface area contributed by atoms with Crippen molar-refractivity contribution in [1.82, 2.24) is 30.8 Å². The van der Waals surface area contributed by atoms with Gasteiger partial charge in [-0.2, -0.15) is 0 Å². The van der Waals surface area contributed by atoms with E-state index in [1.807, 2.05) is 74.5 Å². The van der Waals surface area contributed by atoms with Gasteiger partial charge >= 0.3 is 12.1 Å². The number of esters is 1. The van der Waals surface area contributed by atoms with Gasteiger partial charge in [0.2, 0.25) is 17.7 Å². The Morgan fingerprint density at radius 3 is 1.90 bits per heavy atom. The Morgan fingerprint density at radius 1 is 0.731 bits per heavy atom. The van der Waals surface area contributed by atoms with Crippen LogP contribution in [-0.2, 0) is 59.8 Å². The normalized spacial score (nSPS) is 13.6. The fourth-order valence-corrected chi connectivity index (χ4v) is 4.90. The molecule has 0 aliphatic rings. The van der Waals surface area contributed by atoms with Crippen LogP contribution in [0.25, 0.3) is 0 Å². The van der Waals surface area contributed by atoms with Gasteiger partial charge in [0, 0.05) is 12.6 Å². The van der Waals surface area contributed by atoms with E-state index in [9.17, 15) is 24.0 Å². The van der Waals surface area contributed by atoms with Crippen molar-refractivity contribution >= 4 is 29.8 Å². The number of nitrogens with zero attached hydrogens (tertiary/aromatic N) is 2. The minimum atomic E-state index is -1.18. The van der Waals surface area contributed by atoms with Crippen molar-refractivity contribution in [2.24, 2.45) is 5.92 Å². The molecule has 3 rings (SSSR count). The standard InChI is InChI=1S/C38H52N6O8/c1-25(2)18-31(43-37(49)52-38(5,6)7)34(46)40-26(3)33(45)42-32(35(47)41-27(4)36(48)51-22-29-16-12-9-13-17-29)19-30-20-44(23-39-30)24-50-21-28-14-10-8-11-15-28/h8-17,20,23,25-27,31-32H,18-19,21-22,24H2,1-7H3,(H,40,46)(H,41,47)(H,42,45)(H,43,49)/t26-,27-,31+,32+/m1/s1. The lowest BCUT2D eigenvalue weighted by molar-refractivity contribution is -0.148. The predicted molar refractivity (Wildman–Crippen MR) is 193 cm³/mol. The van der Waals surface area contributed by atoms with Gasteiger partial charge < -0.3 is 40.0 Å². The molecule has 14 nitrogen and oxygen atoms in total. The first-order valence-corrected chi connectivity index (χ1v) is 17.3. The quantitative estimate of drug-likeness (QED) is 0.142. The molecular formula is C38H52N6O8. The molecule has 0 aliphatic heterocycles. The summed E-state index contributed by atoms with van der Waals surface area (Å²) < 4.78 is 18.2. The zero-order chi connectivity index (χ0) is 38.3. The number of alkyl carbamates (subject to hydrolysis) is 1. The molecule has 3 aromatic rings. The molecule has 0 aliphatic carbocycles. The zero-order valence-corrected chi connectivity index (χ0v) is 31.0.